The van der Waals surface area contributed by atoms with Gasteiger partial charge in [-0.2, -0.15) is 0 Å². The van der Waals surface area contributed by atoms with Crippen molar-refractivity contribution in [2.45, 2.75) is 57.9 Å². The Labute approximate surface area is 123 Å². The lowest BCUT2D eigenvalue weighted by Gasteiger charge is -2.34. The second-order valence-electron chi connectivity index (χ2n) is 6.30. The van der Waals surface area contributed by atoms with Gasteiger partial charge in [0.15, 0.2) is 0 Å². The SMILES string of the molecule is CCCC1CCC(C(Cc2ccc(F)cc2)NC)CC1. The van der Waals surface area contributed by atoms with Crippen molar-refractivity contribution in [2.24, 2.45) is 11.8 Å². The van der Waals surface area contributed by atoms with E-state index in [1.165, 1.54) is 44.1 Å². The normalized spacial score (nSPS) is 24.6. The Bertz CT molecular complexity index is 379. The molecule has 0 bridgehead atoms. The predicted molar refractivity (Wildman–Crippen MR) is 83.3 cm³/mol. The highest BCUT2D eigenvalue weighted by molar-refractivity contribution is 5.17. The van der Waals surface area contributed by atoms with Gasteiger partial charge in [-0.25, -0.2) is 4.39 Å². The maximum absolute atomic E-state index is 13.0. The number of hydrogen-bond donors (Lipinski definition) is 1. The Hall–Kier alpha value is -0.890. The Balaban J connectivity index is 1.87. The van der Waals surface area contributed by atoms with Crippen LogP contribution in [0.15, 0.2) is 24.3 Å². The van der Waals surface area contributed by atoms with Gasteiger partial charge in [-0.15, -0.1) is 0 Å². The second-order valence-corrected chi connectivity index (χ2v) is 6.30. The lowest BCUT2D eigenvalue weighted by Crippen LogP contribution is -2.37. The van der Waals surface area contributed by atoms with Crippen molar-refractivity contribution in [3.05, 3.63) is 35.6 Å². The van der Waals surface area contributed by atoms with Gasteiger partial charge in [-0.1, -0.05) is 44.7 Å². The van der Waals surface area contributed by atoms with Crippen molar-refractivity contribution in [3.8, 4) is 0 Å². The quantitative estimate of drug-likeness (QED) is 0.803. The molecule has 1 aromatic carbocycles. The van der Waals surface area contributed by atoms with Crippen molar-refractivity contribution in [2.75, 3.05) is 7.05 Å². The maximum atomic E-state index is 13.0. The third-order valence-electron chi connectivity index (χ3n) is 4.90. The predicted octanol–water partition coefficient (Wildman–Crippen LogP) is 4.56. The number of rotatable bonds is 6. The maximum Gasteiger partial charge on any atom is 0.123 e. The molecule has 1 aliphatic rings. The number of benzene rings is 1. The summed E-state index contributed by atoms with van der Waals surface area (Å²) in [5, 5.41) is 3.49. The van der Waals surface area contributed by atoms with Crippen molar-refractivity contribution in [1.29, 1.82) is 0 Å². The topological polar surface area (TPSA) is 12.0 Å². The van der Waals surface area contributed by atoms with Gasteiger partial charge in [0, 0.05) is 6.04 Å². The van der Waals surface area contributed by atoms with Crippen LogP contribution >= 0.6 is 0 Å². The number of hydrogen-bond acceptors (Lipinski definition) is 1. The van der Waals surface area contributed by atoms with E-state index >= 15 is 0 Å². The molecule has 1 aromatic rings. The number of halogens is 1. The Morgan fingerprint density at radius 3 is 2.35 bits per heavy atom. The molecular weight excluding hydrogens is 249 g/mol. The molecule has 0 radical (unpaired) electrons. The van der Waals surface area contributed by atoms with Crippen molar-refractivity contribution in [1.82, 2.24) is 5.32 Å². The minimum atomic E-state index is -0.144. The van der Waals surface area contributed by atoms with Gasteiger partial charge in [0.05, 0.1) is 0 Å². The molecule has 0 aliphatic heterocycles. The van der Waals surface area contributed by atoms with E-state index in [4.69, 9.17) is 0 Å². The molecule has 0 spiro atoms. The van der Waals surface area contributed by atoms with Crippen LogP contribution in [0.3, 0.4) is 0 Å². The van der Waals surface area contributed by atoms with E-state index in [0.717, 1.165) is 18.3 Å². The van der Waals surface area contributed by atoms with E-state index in [1.54, 1.807) is 12.1 Å². The van der Waals surface area contributed by atoms with Gasteiger partial charge < -0.3 is 5.32 Å². The standard InChI is InChI=1S/C18H28FN/c1-3-4-14-5-9-16(10-6-14)18(20-2)13-15-7-11-17(19)12-8-15/h7-8,11-12,14,16,18,20H,3-6,9-10,13H2,1-2H3. The largest absolute Gasteiger partial charge is 0.316 e. The molecule has 0 aromatic heterocycles. The molecule has 1 fully saturated rings. The summed E-state index contributed by atoms with van der Waals surface area (Å²) in [6.07, 6.45) is 9.20. The van der Waals surface area contributed by atoms with Crippen LogP contribution in [0.1, 0.15) is 51.0 Å². The molecule has 1 N–H and O–H groups in total. The van der Waals surface area contributed by atoms with Gasteiger partial charge in [0.2, 0.25) is 0 Å². The molecule has 1 unspecified atom stereocenters. The summed E-state index contributed by atoms with van der Waals surface area (Å²) in [6, 6.07) is 7.51. The van der Waals surface area contributed by atoms with E-state index in [-0.39, 0.29) is 5.82 Å². The van der Waals surface area contributed by atoms with E-state index < -0.39 is 0 Å². The van der Waals surface area contributed by atoms with E-state index in [9.17, 15) is 4.39 Å². The van der Waals surface area contributed by atoms with Gasteiger partial charge in [-0.3, -0.25) is 0 Å². The molecule has 20 heavy (non-hydrogen) atoms. The summed E-state index contributed by atoms with van der Waals surface area (Å²) >= 11 is 0. The van der Waals surface area contributed by atoms with Gasteiger partial charge >= 0.3 is 0 Å². The van der Waals surface area contributed by atoms with Crippen LogP contribution in [0.2, 0.25) is 0 Å². The molecule has 1 saturated carbocycles. The molecule has 2 heteroatoms. The second kappa shape index (κ2) is 7.78. The number of likely N-dealkylation sites (N-methyl/N-ethyl adjacent to an activating group) is 1. The minimum absolute atomic E-state index is 0.144. The molecular formula is C18H28FN. The smallest absolute Gasteiger partial charge is 0.123 e. The lowest BCUT2D eigenvalue weighted by molar-refractivity contribution is 0.217. The van der Waals surface area contributed by atoms with Crippen LogP contribution in [0.5, 0.6) is 0 Å². The van der Waals surface area contributed by atoms with Crippen LogP contribution in [-0.4, -0.2) is 13.1 Å². The zero-order valence-electron chi connectivity index (χ0n) is 12.9. The fraction of sp³-hybridized carbons (Fsp3) is 0.667. The first-order valence-corrected chi connectivity index (χ1v) is 8.14. The summed E-state index contributed by atoms with van der Waals surface area (Å²) in [7, 11) is 2.06. The van der Waals surface area contributed by atoms with E-state index in [2.05, 4.69) is 19.3 Å². The summed E-state index contributed by atoms with van der Waals surface area (Å²) < 4.78 is 13.0. The molecule has 0 amide bonds. The van der Waals surface area contributed by atoms with Crippen LogP contribution in [0.4, 0.5) is 4.39 Å². The summed E-state index contributed by atoms with van der Waals surface area (Å²) in [4.78, 5) is 0. The van der Waals surface area contributed by atoms with Gasteiger partial charge in [-0.05, 0) is 55.8 Å². The summed E-state index contributed by atoms with van der Waals surface area (Å²) in [5.74, 6) is 1.59. The molecule has 2 rings (SSSR count). The monoisotopic (exact) mass is 277 g/mol. The first-order chi connectivity index (χ1) is 9.72. The highest BCUT2D eigenvalue weighted by Gasteiger charge is 2.26. The van der Waals surface area contributed by atoms with Crippen LogP contribution in [0.25, 0.3) is 0 Å². The molecule has 0 heterocycles. The third-order valence-corrected chi connectivity index (χ3v) is 4.90. The van der Waals surface area contributed by atoms with Crippen LogP contribution in [-0.2, 0) is 6.42 Å². The Morgan fingerprint density at radius 1 is 1.15 bits per heavy atom. The molecule has 1 atom stereocenters. The summed E-state index contributed by atoms with van der Waals surface area (Å²) in [5.41, 5.74) is 1.24. The molecule has 0 saturated heterocycles. The summed E-state index contributed by atoms with van der Waals surface area (Å²) in [6.45, 7) is 2.29. The molecule has 1 aliphatic carbocycles. The lowest BCUT2D eigenvalue weighted by atomic mass is 9.76. The average Bonchev–Trinajstić information content (AvgIpc) is 2.48. The molecule has 1 nitrogen and oxygen atoms in total. The Kier molecular flexibility index (Phi) is 6.03. The van der Waals surface area contributed by atoms with Crippen LogP contribution in [0, 0.1) is 17.7 Å². The Morgan fingerprint density at radius 2 is 1.80 bits per heavy atom. The van der Waals surface area contributed by atoms with Crippen LogP contribution < -0.4 is 5.32 Å². The van der Waals surface area contributed by atoms with Crippen molar-refractivity contribution >= 4 is 0 Å². The number of nitrogens with one attached hydrogen (secondary N) is 1. The van der Waals surface area contributed by atoms with E-state index in [0.29, 0.717) is 6.04 Å². The first-order valence-electron chi connectivity index (χ1n) is 8.14. The first kappa shape index (κ1) is 15.5. The fourth-order valence-corrected chi connectivity index (χ4v) is 3.67. The zero-order valence-corrected chi connectivity index (χ0v) is 12.9. The van der Waals surface area contributed by atoms with Gasteiger partial charge in [0.1, 0.15) is 5.82 Å². The average molecular weight is 277 g/mol. The van der Waals surface area contributed by atoms with E-state index in [1.807, 2.05) is 12.1 Å². The van der Waals surface area contributed by atoms with Crippen molar-refractivity contribution < 1.29 is 4.39 Å². The molecule has 112 valence electrons. The van der Waals surface area contributed by atoms with Gasteiger partial charge in [0.25, 0.3) is 0 Å². The fourth-order valence-electron chi connectivity index (χ4n) is 3.67. The third kappa shape index (κ3) is 4.31. The zero-order chi connectivity index (χ0) is 14.4. The van der Waals surface area contributed by atoms with Crippen molar-refractivity contribution in [3.63, 3.8) is 0 Å². The highest BCUT2D eigenvalue weighted by Crippen LogP contribution is 2.34. The highest BCUT2D eigenvalue weighted by atomic mass is 19.1. The minimum Gasteiger partial charge on any atom is -0.316 e.